The fourth-order valence-corrected chi connectivity index (χ4v) is 3.77. The third kappa shape index (κ3) is 4.55. The number of likely N-dealkylation sites (tertiary alicyclic amines) is 1. The zero-order valence-corrected chi connectivity index (χ0v) is 16.1. The lowest BCUT2D eigenvalue weighted by Crippen LogP contribution is -2.51. The van der Waals surface area contributed by atoms with E-state index in [9.17, 15) is 4.79 Å². The Morgan fingerprint density at radius 1 is 1.20 bits per heavy atom. The van der Waals surface area contributed by atoms with Crippen LogP contribution >= 0.6 is 0 Å². The first-order chi connectivity index (χ1) is 11.7. The van der Waals surface area contributed by atoms with E-state index in [1.165, 1.54) is 18.4 Å². The van der Waals surface area contributed by atoms with Gasteiger partial charge in [0.05, 0.1) is 0 Å². The van der Waals surface area contributed by atoms with Crippen molar-refractivity contribution in [3.05, 3.63) is 35.9 Å². The second-order valence-electron chi connectivity index (χ2n) is 9.12. The number of nitrogens with one attached hydrogen (secondary N) is 1. The number of benzene rings is 1. The van der Waals surface area contributed by atoms with E-state index in [4.69, 9.17) is 4.74 Å². The van der Waals surface area contributed by atoms with Gasteiger partial charge in [-0.25, -0.2) is 4.79 Å². The summed E-state index contributed by atoms with van der Waals surface area (Å²) in [7, 11) is 0. The van der Waals surface area contributed by atoms with E-state index in [1.807, 2.05) is 25.7 Å². The molecule has 138 valence electrons. The highest BCUT2D eigenvalue weighted by Gasteiger charge is 2.45. The molecule has 1 atom stereocenters. The second kappa shape index (κ2) is 6.64. The molecule has 2 aliphatic rings. The molecule has 1 N–H and O–H groups in total. The van der Waals surface area contributed by atoms with Crippen molar-refractivity contribution in [2.24, 2.45) is 5.41 Å². The van der Waals surface area contributed by atoms with E-state index in [2.05, 4.69) is 42.6 Å². The summed E-state index contributed by atoms with van der Waals surface area (Å²) < 4.78 is 5.56. The first-order valence-electron chi connectivity index (χ1n) is 9.50. The van der Waals surface area contributed by atoms with E-state index >= 15 is 0 Å². The molecule has 1 saturated heterocycles. The molecular weight excluding hydrogens is 312 g/mol. The molecule has 0 spiro atoms. The third-order valence-corrected chi connectivity index (χ3v) is 5.36. The van der Waals surface area contributed by atoms with Gasteiger partial charge in [-0.05, 0) is 57.4 Å². The fraction of sp³-hybridized carbons (Fsp3) is 0.667. The highest BCUT2D eigenvalue weighted by atomic mass is 16.6. The first-order valence-corrected chi connectivity index (χ1v) is 9.50. The Hall–Kier alpha value is -1.55. The number of ether oxygens (including phenoxy) is 1. The van der Waals surface area contributed by atoms with E-state index < -0.39 is 5.60 Å². The number of piperidine rings is 1. The molecule has 25 heavy (non-hydrogen) atoms. The highest BCUT2D eigenvalue weighted by molar-refractivity contribution is 5.68. The first kappa shape index (κ1) is 18.2. The molecule has 0 aromatic heterocycles. The minimum absolute atomic E-state index is 0.0968. The van der Waals surface area contributed by atoms with Gasteiger partial charge < -0.3 is 15.0 Å². The van der Waals surface area contributed by atoms with Gasteiger partial charge in [0.1, 0.15) is 5.60 Å². The molecule has 0 bridgehead atoms. The van der Waals surface area contributed by atoms with Gasteiger partial charge in [0.15, 0.2) is 0 Å². The van der Waals surface area contributed by atoms with Gasteiger partial charge in [-0.15, -0.1) is 0 Å². The van der Waals surface area contributed by atoms with Gasteiger partial charge in [0.2, 0.25) is 0 Å². The van der Waals surface area contributed by atoms with Crippen molar-refractivity contribution in [3.8, 4) is 0 Å². The van der Waals surface area contributed by atoms with Gasteiger partial charge in [0.25, 0.3) is 0 Å². The molecular formula is C21H32N2O2. The summed E-state index contributed by atoms with van der Waals surface area (Å²) in [6, 6.07) is 10.7. The Morgan fingerprint density at radius 2 is 1.88 bits per heavy atom. The van der Waals surface area contributed by atoms with Crippen LogP contribution < -0.4 is 5.32 Å². The van der Waals surface area contributed by atoms with E-state index in [1.54, 1.807) is 0 Å². The molecule has 2 fully saturated rings. The number of nitrogens with zero attached hydrogens (tertiary/aromatic N) is 1. The van der Waals surface area contributed by atoms with E-state index in [-0.39, 0.29) is 17.0 Å². The lowest BCUT2D eigenvalue weighted by atomic mass is 9.81. The topological polar surface area (TPSA) is 41.6 Å². The van der Waals surface area contributed by atoms with Crippen LogP contribution in [-0.4, -0.2) is 36.2 Å². The van der Waals surface area contributed by atoms with Gasteiger partial charge in [0, 0.05) is 25.2 Å². The number of amides is 1. The van der Waals surface area contributed by atoms with Gasteiger partial charge in [-0.1, -0.05) is 37.3 Å². The van der Waals surface area contributed by atoms with Crippen LogP contribution in [0, 0.1) is 5.41 Å². The van der Waals surface area contributed by atoms with Crippen molar-refractivity contribution in [2.75, 3.05) is 19.6 Å². The minimum atomic E-state index is -0.436. The summed E-state index contributed by atoms with van der Waals surface area (Å²) in [6.07, 6.45) is 4.40. The third-order valence-electron chi connectivity index (χ3n) is 5.36. The summed E-state index contributed by atoms with van der Waals surface area (Å²) in [5.74, 6) is 0. The van der Waals surface area contributed by atoms with Crippen LogP contribution in [0.5, 0.6) is 0 Å². The quantitative estimate of drug-likeness (QED) is 0.885. The van der Waals surface area contributed by atoms with Gasteiger partial charge >= 0.3 is 6.09 Å². The predicted molar refractivity (Wildman–Crippen MR) is 101 cm³/mol. The molecule has 3 rings (SSSR count). The molecule has 1 amide bonds. The molecule has 1 aromatic rings. The average molecular weight is 344 g/mol. The molecule has 1 aliphatic heterocycles. The van der Waals surface area contributed by atoms with Crippen LogP contribution in [0.25, 0.3) is 0 Å². The molecule has 4 heteroatoms. The van der Waals surface area contributed by atoms with E-state index in [0.29, 0.717) is 0 Å². The molecule has 0 radical (unpaired) electrons. The molecule has 1 saturated carbocycles. The standard InChI is InChI=1S/C21H32N2O2/c1-19(2,3)25-18(24)23-14-8-11-20(4,16-23)15-22-21(12-13-21)17-9-6-5-7-10-17/h5-7,9-10,22H,8,11-16H2,1-4H3. The maximum atomic E-state index is 12.4. The lowest BCUT2D eigenvalue weighted by Gasteiger charge is -2.41. The number of carbonyl (C=O) groups is 1. The summed E-state index contributed by atoms with van der Waals surface area (Å²) in [4.78, 5) is 14.3. The average Bonchev–Trinajstić information content (AvgIpc) is 3.34. The van der Waals surface area contributed by atoms with Crippen LogP contribution in [0.15, 0.2) is 30.3 Å². The van der Waals surface area contributed by atoms with E-state index in [0.717, 1.165) is 32.5 Å². The van der Waals surface area contributed by atoms with Crippen molar-refractivity contribution < 1.29 is 9.53 Å². The van der Waals surface area contributed by atoms with Gasteiger partial charge in [-0.2, -0.15) is 0 Å². The Balaban J connectivity index is 1.59. The smallest absolute Gasteiger partial charge is 0.410 e. The number of carbonyl (C=O) groups excluding carboxylic acids is 1. The Kier molecular flexibility index (Phi) is 4.84. The number of rotatable bonds is 4. The second-order valence-corrected chi connectivity index (χ2v) is 9.12. The van der Waals surface area contributed by atoms with Crippen molar-refractivity contribution in [3.63, 3.8) is 0 Å². The number of hydrogen-bond donors (Lipinski definition) is 1. The summed E-state index contributed by atoms with van der Waals surface area (Å²) in [5, 5.41) is 3.83. The van der Waals surface area contributed by atoms with Crippen molar-refractivity contribution in [1.29, 1.82) is 0 Å². The minimum Gasteiger partial charge on any atom is -0.444 e. The summed E-state index contributed by atoms with van der Waals surface area (Å²) >= 11 is 0. The SMILES string of the molecule is CC1(CNC2(c3ccccc3)CC2)CCCN(C(=O)OC(C)(C)C)C1. The predicted octanol–water partition coefficient (Wildman–Crippen LogP) is 4.30. The largest absolute Gasteiger partial charge is 0.444 e. The normalized spacial score (nSPS) is 25.5. The number of hydrogen-bond acceptors (Lipinski definition) is 3. The van der Waals surface area contributed by atoms with Crippen LogP contribution in [0.3, 0.4) is 0 Å². The summed E-state index contributed by atoms with van der Waals surface area (Å²) in [6.45, 7) is 10.6. The van der Waals surface area contributed by atoms with Crippen molar-refractivity contribution in [1.82, 2.24) is 10.2 Å². The van der Waals surface area contributed by atoms with Crippen LogP contribution in [-0.2, 0) is 10.3 Å². The maximum absolute atomic E-state index is 12.4. The zero-order chi connectivity index (χ0) is 18.1. The summed E-state index contributed by atoms with van der Waals surface area (Å²) in [5.41, 5.74) is 1.20. The zero-order valence-electron chi connectivity index (χ0n) is 16.1. The fourth-order valence-electron chi connectivity index (χ4n) is 3.77. The molecule has 4 nitrogen and oxygen atoms in total. The molecule has 1 aromatic carbocycles. The van der Waals surface area contributed by atoms with Crippen LogP contribution in [0.2, 0.25) is 0 Å². The molecule has 1 unspecified atom stereocenters. The molecule has 1 aliphatic carbocycles. The lowest BCUT2D eigenvalue weighted by molar-refractivity contribution is 0.00633. The Morgan fingerprint density at radius 3 is 2.48 bits per heavy atom. The van der Waals surface area contributed by atoms with Crippen molar-refractivity contribution >= 4 is 6.09 Å². The Bertz CT molecular complexity index is 604. The van der Waals surface area contributed by atoms with Crippen LogP contribution in [0.4, 0.5) is 4.79 Å². The van der Waals surface area contributed by atoms with Crippen LogP contribution in [0.1, 0.15) is 58.9 Å². The highest BCUT2D eigenvalue weighted by Crippen LogP contribution is 2.46. The maximum Gasteiger partial charge on any atom is 0.410 e. The van der Waals surface area contributed by atoms with Gasteiger partial charge in [-0.3, -0.25) is 0 Å². The molecule has 1 heterocycles. The van der Waals surface area contributed by atoms with Crippen molar-refractivity contribution in [2.45, 2.75) is 64.5 Å². The monoisotopic (exact) mass is 344 g/mol. The Labute approximate surface area is 151 Å².